The Morgan fingerprint density at radius 3 is 2.09 bits per heavy atom. The summed E-state index contributed by atoms with van der Waals surface area (Å²) >= 11 is 0. The number of ether oxygens (including phenoxy) is 1. The number of aromatic nitrogens is 2. The van der Waals surface area contributed by atoms with Crippen LogP contribution in [0.15, 0.2) is 83.3 Å². The van der Waals surface area contributed by atoms with Crippen LogP contribution < -0.4 is 10.1 Å². The Labute approximate surface area is 180 Å². The highest BCUT2D eigenvalue weighted by atomic mass is 19.4. The van der Waals surface area contributed by atoms with Crippen LogP contribution in [-0.4, -0.2) is 22.7 Å². The zero-order chi connectivity index (χ0) is 22.6. The number of nitrogens with zero attached hydrogens (tertiary/aromatic N) is 2. The van der Waals surface area contributed by atoms with Gasteiger partial charge in [-0.05, 0) is 48.5 Å². The minimum atomic E-state index is -4.57. The molecule has 4 aromatic rings. The standard InChI is InChI=1S/C23H16F3N3O3/c24-23(25,26)18-8-4-5-9-19(18)27-20(30)14-31-17-12-10-16(11-13-17)22-29-28-21(32-22)15-6-2-1-3-7-15/h1-13H,14H2,(H,27,30). The molecule has 32 heavy (non-hydrogen) atoms. The summed E-state index contributed by atoms with van der Waals surface area (Å²) in [6.45, 7) is -0.454. The third-order valence-corrected chi connectivity index (χ3v) is 4.42. The van der Waals surface area contributed by atoms with E-state index in [-0.39, 0.29) is 5.69 Å². The van der Waals surface area contributed by atoms with Gasteiger partial charge in [-0.25, -0.2) is 0 Å². The van der Waals surface area contributed by atoms with Crippen molar-refractivity contribution in [3.63, 3.8) is 0 Å². The van der Waals surface area contributed by atoms with Crippen molar-refractivity contribution in [2.24, 2.45) is 0 Å². The van der Waals surface area contributed by atoms with Gasteiger partial charge in [0.25, 0.3) is 5.91 Å². The van der Waals surface area contributed by atoms with Crippen LogP contribution in [0.5, 0.6) is 5.75 Å². The SMILES string of the molecule is O=C(COc1ccc(-c2nnc(-c3ccccc3)o2)cc1)Nc1ccccc1C(F)(F)F. The molecule has 0 aliphatic carbocycles. The van der Waals surface area contributed by atoms with Gasteiger partial charge in [0, 0.05) is 11.1 Å². The predicted molar refractivity (Wildman–Crippen MR) is 111 cm³/mol. The van der Waals surface area contributed by atoms with Gasteiger partial charge < -0.3 is 14.5 Å². The first-order valence-electron chi connectivity index (χ1n) is 9.48. The average Bonchev–Trinajstić information content (AvgIpc) is 3.29. The van der Waals surface area contributed by atoms with Crippen molar-refractivity contribution in [3.8, 4) is 28.7 Å². The molecule has 0 atom stereocenters. The van der Waals surface area contributed by atoms with E-state index in [0.717, 1.165) is 11.6 Å². The van der Waals surface area contributed by atoms with Crippen LogP contribution in [-0.2, 0) is 11.0 Å². The fraction of sp³-hybridized carbons (Fsp3) is 0.0870. The summed E-state index contributed by atoms with van der Waals surface area (Å²) in [4.78, 5) is 12.1. The predicted octanol–water partition coefficient (Wildman–Crippen LogP) is 5.44. The van der Waals surface area contributed by atoms with E-state index in [9.17, 15) is 18.0 Å². The van der Waals surface area contributed by atoms with Crippen molar-refractivity contribution < 1.29 is 27.1 Å². The Morgan fingerprint density at radius 1 is 0.844 bits per heavy atom. The molecule has 0 spiro atoms. The van der Waals surface area contributed by atoms with Crippen LogP contribution in [0.3, 0.4) is 0 Å². The van der Waals surface area contributed by atoms with Crippen molar-refractivity contribution in [2.75, 3.05) is 11.9 Å². The highest BCUT2D eigenvalue weighted by Gasteiger charge is 2.33. The average molecular weight is 439 g/mol. The topological polar surface area (TPSA) is 77.2 Å². The zero-order valence-electron chi connectivity index (χ0n) is 16.5. The Kier molecular flexibility index (Phi) is 5.89. The third kappa shape index (κ3) is 4.94. The smallest absolute Gasteiger partial charge is 0.418 e. The number of hydrogen-bond donors (Lipinski definition) is 1. The molecule has 1 heterocycles. The van der Waals surface area contributed by atoms with E-state index in [1.165, 1.54) is 18.2 Å². The van der Waals surface area contributed by atoms with Gasteiger partial charge in [0.1, 0.15) is 5.75 Å². The number of amides is 1. The fourth-order valence-electron chi connectivity index (χ4n) is 2.91. The van der Waals surface area contributed by atoms with Crippen LogP contribution in [0.1, 0.15) is 5.56 Å². The molecule has 9 heteroatoms. The van der Waals surface area contributed by atoms with E-state index >= 15 is 0 Å². The minimum Gasteiger partial charge on any atom is -0.484 e. The molecule has 1 N–H and O–H groups in total. The van der Waals surface area contributed by atoms with E-state index in [2.05, 4.69) is 15.5 Å². The molecule has 0 aliphatic heterocycles. The van der Waals surface area contributed by atoms with Gasteiger partial charge in [0.05, 0.1) is 11.3 Å². The second-order valence-electron chi connectivity index (χ2n) is 6.68. The normalized spacial score (nSPS) is 11.2. The Bertz CT molecular complexity index is 1210. The largest absolute Gasteiger partial charge is 0.484 e. The molecule has 0 aliphatic rings. The van der Waals surface area contributed by atoms with Crippen molar-refractivity contribution in [2.45, 2.75) is 6.18 Å². The monoisotopic (exact) mass is 439 g/mol. The van der Waals surface area contributed by atoms with Gasteiger partial charge >= 0.3 is 6.18 Å². The Hall–Kier alpha value is -4.14. The number of rotatable bonds is 6. The number of carbonyl (C=O) groups excluding carboxylic acids is 1. The Balaban J connectivity index is 1.37. The van der Waals surface area contributed by atoms with Gasteiger partial charge in [-0.2, -0.15) is 13.2 Å². The maximum atomic E-state index is 13.0. The van der Waals surface area contributed by atoms with E-state index in [1.807, 2.05) is 30.3 Å². The highest BCUT2D eigenvalue weighted by Crippen LogP contribution is 2.34. The molecular formula is C23H16F3N3O3. The van der Waals surface area contributed by atoms with Crippen molar-refractivity contribution in [1.82, 2.24) is 10.2 Å². The zero-order valence-corrected chi connectivity index (χ0v) is 16.5. The first-order chi connectivity index (χ1) is 15.4. The summed E-state index contributed by atoms with van der Waals surface area (Å²) in [5, 5.41) is 10.3. The fourth-order valence-corrected chi connectivity index (χ4v) is 2.91. The molecule has 4 rings (SSSR count). The molecule has 6 nitrogen and oxygen atoms in total. The summed E-state index contributed by atoms with van der Waals surface area (Å²) in [5.74, 6) is 0.347. The van der Waals surface area contributed by atoms with Crippen LogP contribution in [0.4, 0.5) is 18.9 Å². The molecule has 0 unspecified atom stereocenters. The second-order valence-corrected chi connectivity index (χ2v) is 6.68. The first-order valence-corrected chi connectivity index (χ1v) is 9.48. The lowest BCUT2D eigenvalue weighted by Gasteiger charge is -2.13. The van der Waals surface area contributed by atoms with Gasteiger partial charge in [-0.3, -0.25) is 4.79 Å². The van der Waals surface area contributed by atoms with Crippen LogP contribution >= 0.6 is 0 Å². The van der Waals surface area contributed by atoms with Gasteiger partial charge in [0.15, 0.2) is 6.61 Å². The first kappa shape index (κ1) is 21.1. The number of nitrogens with one attached hydrogen (secondary N) is 1. The molecule has 1 amide bonds. The summed E-state index contributed by atoms with van der Waals surface area (Å²) in [7, 11) is 0. The van der Waals surface area contributed by atoms with Gasteiger partial charge in [0.2, 0.25) is 11.8 Å². The molecular weight excluding hydrogens is 423 g/mol. The van der Waals surface area contributed by atoms with Gasteiger partial charge in [-0.1, -0.05) is 30.3 Å². The molecule has 0 bridgehead atoms. The third-order valence-electron chi connectivity index (χ3n) is 4.42. The minimum absolute atomic E-state index is 0.317. The van der Waals surface area contributed by atoms with Crippen molar-refractivity contribution in [1.29, 1.82) is 0 Å². The molecule has 0 radical (unpaired) electrons. The molecule has 3 aromatic carbocycles. The molecule has 0 saturated heterocycles. The number of benzene rings is 3. The molecule has 1 aromatic heterocycles. The summed E-state index contributed by atoms with van der Waals surface area (Å²) in [6.07, 6.45) is -4.57. The second kappa shape index (κ2) is 8.93. The number of para-hydroxylation sites is 1. The number of alkyl halides is 3. The lowest BCUT2D eigenvalue weighted by atomic mass is 10.1. The molecule has 162 valence electrons. The summed E-state index contributed by atoms with van der Waals surface area (Å²) in [5.41, 5.74) is 0.196. The van der Waals surface area contributed by atoms with E-state index in [4.69, 9.17) is 9.15 Å². The highest BCUT2D eigenvalue weighted by molar-refractivity contribution is 5.92. The van der Waals surface area contributed by atoms with Crippen molar-refractivity contribution in [3.05, 3.63) is 84.4 Å². The lowest BCUT2D eigenvalue weighted by Crippen LogP contribution is -2.22. The quantitative estimate of drug-likeness (QED) is 0.433. The number of halogens is 3. The maximum Gasteiger partial charge on any atom is 0.418 e. The van der Waals surface area contributed by atoms with Crippen LogP contribution in [0.2, 0.25) is 0 Å². The van der Waals surface area contributed by atoms with Crippen LogP contribution in [0.25, 0.3) is 22.9 Å². The van der Waals surface area contributed by atoms with E-state index < -0.39 is 24.3 Å². The molecule has 0 fully saturated rings. The van der Waals surface area contributed by atoms with Crippen molar-refractivity contribution >= 4 is 11.6 Å². The van der Waals surface area contributed by atoms with E-state index in [1.54, 1.807) is 24.3 Å². The Morgan fingerprint density at radius 2 is 1.44 bits per heavy atom. The van der Waals surface area contributed by atoms with E-state index in [0.29, 0.717) is 23.1 Å². The number of carbonyl (C=O) groups is 1. The number of hydrogen-bond acceptors (Lipinski definition) is 5. The summed E-state index contributed by atoms with van der Waals surface area (Å²) < 4.78 is 50.1. The summed E-state index contributed by atoms with van der Waals surface area (Å²) in [6, 6.07) is 20.6. The van der Waals surface area contributed by atoms with Crippen LogP contribution in [0, 0.1) is 0 Å². The maximum absolute atomic E-state index is 13.0. The molecule has 0 saturated carbocycles. The lowest BCUT2D eigenvalue weighted by molar-refractivity contribution is -0.137. The van der Waals surface area contributed by atoms with Gasteiger partial charge in [-0.15, -0.1) is 10.2 Å². The number of anilines is 1.